The molecule has 3 rings (SSSR count). The van der Waals surface area contributed by atoms with Crippen LogP contribution in [0, 0.1) is 5.82 Å². The molecule has 24 heavy (non-hydrogen) atoms. The fourth-order valence-corrected chi connectivity index (χ4v) is 3.13. The summed E-state index contributed by atoms with van der Waals surface area (Å²) in [5.41, 5.74) is 9.22. The number of hydrogen-bond acceptors (Lipinski definition) is 6. The number of halogens is 1. The summed E-state index contributed by atoms with van der Waals surface area (Å²) in [5, 5.41) is 1.37. The van der Waals surface area contributed by atoms with Crippen molar-refractivity contribution in [3.8, 4) is 11.5 Å². The maximum absolute atomic E-state index is 13.9. The Labute approximate surface area is 141 Å². The van der Waals surface area contributed by atoms with Gasteiger partial charge in [0, 0.05) is 38.1 Å². The molecule has 2 heterocycles. The molecule has 8 heteroatoms. The van der Waals surface area contributed by atoms with E-state index in [1.807, 2.05) is 0 Å². The van der Waals surface area contributed by atoms with Gasteiger partial charge in [0.1, 0.15) is 5.75 Å². The van der Waals surface area contributed by atoms with Crippen LogP contribution in [0.1, 0.15) is 9.67 Å². The Morgan fingerprint density at radius 2 is 2.12 bits per heavy atom. The van der Waals surface area contributed by atoms with Crippen LogP contribution in [-0.4, -0.2) is 30.0 Å². The van der Waals surface area contributed by atoms with E-state index < -0.39 is 5.82 Å². The van der Waals surface area contributed by atoms with Crippen molar-refractivity contribution in [2.45, 2.75) is 0 Å². The number of nitrogens with one attached hydrogen (secondary N) is 1. The number of hydrogen-bond donors (Lipinski definition) is 2. The molecule has 3 aromatic rings. The van der Waals surface area contributed by atoms with Crippen molar-refractivity contribution >= 4 is 33.1 Å². The summed E-state index contributed by atoms with van der Waals surface area (Å²) in [6.07, 6.45) is 1.55. The molecular formula is C16H15FN4O2S. The number of carbonyl (C=O) groups is 1. The zero-order chi connectivity index (χ0) is 17.3. The minimum atomic E-state index is -0.553. The van der Waals surface area contributed by atoms with Crippen LogP contribution in [0.4, 0.5) is 10.1 Å². The number of thiophene rings is 1. The first-order valence-corrected chi connectivity index (χ1v) is 7.88. The number of ether oxygens (including phenoxy) is 1. The van der Waals surface area contributed by atoms with Crippen molar-refractivity contribution < 1.29 is 13.9 Å². The number of rotatable bonds is 4. The lowest BCUT2D eigenvalue weighted by molar-refractivity contribution is 0.0740. The number of pyridine rings is 1. The molecule has 0 radical (unpaired) electrons. The second kappa shape index (κ2) is 6.42. The average molecular weight is 346 g/mol. The van der Waals surface area contributed by atoms with E-state index in [2.05, 4.69) is 10.4 Å². The van der Waals surface area contributed by atoms with Crippen LogP contribution < -0.4 is 15.9 Å². The predicted octanol–water partition coefficient (Wildman–Crippen LogP) is 3.02. The average Bonchev–Trinajstić information content (AvgIpc) is 3.01. The summed E-state index contributed by atoms with van der Waals surface area (Å²) in [7, 11) is 3.28. The van der Waals surface area contributed by atoms with E-state index >= 15 is 0 Å². The number of nitrogens with two attached hydrogens (primary N) is 1. The highest BCUT2D eigenvalue weighted by molar-refractivity contribution is 7.21. The Morgan fingerprint density at radius 3 is 2.83 bits per heavy atom. The lowest BCUT2D eigenvalue weighted by atomic mass is 10.3. The van der Waals surface area contributed by atoms with Crippen molar-refractivity contribution in [2.24, 2.45) is 0 Å². The summed E-state index contributed by atoms with van der Waals surface area (Å²) in [6.45, 7) is 0. The van der Waals surface area contributed by atoms with Gasteiger partial charge in [0.05, 0.1) is 15.1 Å². The van der Waals surface area contributed by atoms with Gasteiger partial charge in [-0.2, -0.15) is 0 Å². The van der Waals surface area contributed by atoms with E-state index in [-0.39, 0.29) is 11.7 Å². The number of benzene rings is 1. The summed E-state index contributed by atoms with van der Waals surface area (Å²) in [5.74, 6) is -0.252. The first kappa shape index (κ1) is 16.2. The minimum Gasteiger partial charge on any atom is -0.453 e. The van der Waals surface area contributed by atoms with E-state index in [0.717, 1.165) is 0 Å². The molecule has 0 saturated heterocycles. The molecule has 124 valence electrons. The molecule has 1 amide bonds. The molecule has 0 atom stereocenters. The smallest absolute Gasteiger partial charge is 0.277 e. The van der Waals surface area contributed by atoms with Crippen molar-refractivity contribution in [1.82, 2.24) is 15.4 Å². The lowest BCUT2D eigenvalue weighted by Crippen LogP contribution is -2.36. The van der Waals surface area contributed by atoms with Gasteiger partial charge in [-0.3, -0.25) is 14.8 Å². The van der Waals surface area contributed by atoms with E-state index in [4.69, 9.17) is 10.5 Å². The number of amides is 1. The number of aromatic nitrogens is 1. The van der Waals surface area contributed by atoms with Gasteiger partial charge in [-0.05, 0) is 18.2 Å². The van der Waals surface area contributed by atoms with Gasteiger partial charge in [-0.1, -0.05) is 0 Å². The second-order valence-electron chi connectivity index (χ2n) is 5.01. The van der Waals surface area contributed by atoms with Crippen LogP contribution in [0.15, 0.2) is 36.5 Å². The Hall–Kier alpha value is -2.71. The largest absolute Gasteiger partial charge is 0.453 e. The van der Waals surface area contributed by atoms with Crippen LogP contribution in [0.3, 0.4) is 0 Å². The molecule has 0 bridgehead atoms. The number of nitrogen functional groups attached to an aromatic ring is 1. The molecule has 0 aliphatic rings. The first-order chi connectivity index (χ1) is 11.5. The normalized spacial score (nSPS) is 10.8. The fourth-order valence-electron chi connectivity index (χ4n) is 2.09. The fraction of sp³-hybridized carbons (Fsp3) is 0.125. The van der Waals surface area contributed by atoms with E-state index in [1.165, 1.54) is 28.5 Å². The van der Waals surface area contributed by atoms with E-state index in [0.29, 0.717) is 26.5 Å². The molecule has 0 aliphatic heterocycles. The van der Waals surface area contributed by atoms with E-state index in [1.54, 1.807) is 38.5 Å². The van der Waals surface area contributed by atoms with Crippen LogP contribution in [0.2, 0.25) is 0 Å². The third-order valence-corrected chi connectivity index (χ3v) is 4.53. The number of fused-ring (bicyclic) bond motifs is 1. The molecule has 0 aliphatic carbocycles. The number of nitrogens with zero attached hydrogens (tertiary/aromatic N) is 2. The molecule has 0 spiro atoms. The van der Waals surface area contributed by atoms with Crippen LogP contribution in [0.25, 0.3) is 10.2 Å². The quantitative estimate of drug-likeness (QED) is 0.561. The van der Waals surface area contributed by atoms with Gasteiger partial charge in [-0.25, -0.2) is 9.82 Å². The zero-order valence-electron chi connectivity index (χ0n) is 13.0. The van der Waals surface area contributed by atoms with Gasteiger partial charge in [0.25, 0.3) is 5.91 Å². The number of hydrazine groups is 1. The highest BCUT2D eigenvalue weighted by Gasteiger charge is 2.17. The monoisotopic (exact) mass is 346 g/mol. The first-order valence-electron chi connectivity index (χ1n) is 7.06. The Morgan fingerprint density at radius 1 is 1.33 bits per heavy atom. The summed E-state index contributed by atoms with van der Waals surface area (Å²) >= 11 is 1.24. The van der Waals surface area contributed by atoms with Gasteiger partial charge >= 0.3 is 0 Å². The van der Waals surface area contributed by atoms with Crippen molar-refractivity contribution in [3.63, 3.8) is 0 Å². The predicted molar refractivity (Wildman–Crippen MR) is 91.7 cm³/mol. The molecule has 0 fully saturated rings. The lowest BCUT2D eigenvalue weighted by Gasteiger charge is -2.13. The number of anilines is 1. The Kier molecular flexibility index (Phi) is 4.32. The van der Waals surface area contributed by atoms with Gasteiger partial charge in [0.2, 0.25) is 0 Å². The Balaban J connectivity index is 1.99. The molecule has 0 saturated carbocycles. The maximum Gasteiger partial charge on any atom is 0.277 e. The zero-order valence-corrected chi connectivity index (χ0v) is 13.9. The molecular weight excluding hydrogens is 331 g/mol. The standard InChI is InChI=1S/C16H15FN4O2S/c1-19-21(2)16(22)14-8-11-15(24-14)13(5-6-20-11)23-12-4-3-9(18)7-10(12)17/h3-8,19H,18H2,1-2H3. The van der Waals surface area contributed by atoms with E-state index in [9.17, 15) is 9.18 Å². The Bertz CT molecular complexity index is 912. The van der Waals surface area contributed by atoms with Crippen molar-refractivity contribution in [2.75, 3.05) is 19.8 Å². The number of carbonyl (C=O) groups excluding carboxylic acids is 1. The van der Waals surface area contributed by atoms with Crippen LogP contribution in [-0.2, 0) is 0 Å². The van der Waals surface area contributed by atoms with Gasteiger partial charge in [-0.15, -0.1) is 11.3 Å². The second-order valence-corrected chi connectivity index (χ2v) is 6.07. The van der Waals surface area contributed by atoms with Gasteiger partial charge in [0.15, 0.2) is 11.6 Å². The summed E-state index contributed by atoms with van der Waals surface area (Å²) in [4.78, 5) is 17.0. The van der Waals surface area contributed by atoms with Crippen molar-refractivity contribution in [1.29, 1.82) is 0 Å². The van der Waals surface area contributed by atoms with Crippen molar-refractivity contribution in [3.05, 3.63) is 47.2 Å². The molecule has 2 aromatic heterocycles. The molecule has 3 N–H and O–H groups in total. The maximum atomic E-state index is 13.9. The minimum absolute atomic E-state index is 0.0605. The topological polar surface area (TPSA) is 80.5 Å². The third-order valence-electron chi connectivity index (χ3n) is 3.40. The molecule has 1 aromatic carbocycles. The summed E-state index contributed by atoms with van der Waals surface area (Å²) in [6, 6.07) is 7.53. The highest BCUT2D eigenvalue weighted by atomic mass is 32.1. The van der Waals surface area contributed by atoms with Crippen LogP contribution >= 0.6 is 11.3 Å². The summed E-state index contributed by atoms with van der Waals surface area (Å²) < 4.78 is 20.3. The molecule has 0 unspecified atom stereocenters. The van der Waals surface area contributed by atoms with Crippen LogP contribution in [0.5, 0.6) is 11.5 Å². The molecule has 6 nitrogen and oxygen atoms in total. The third kappa shape index (κ3) is 3.01. The SMILES string of the molecule is CNN(C)C(=O)c1cc2nccc(Oc3ccc(N)cc3F)c2s1. The van der Waals surface area contributed by atoms with Gasteiger partial charge < -0.3 is 10.5 Å². The highest BCUT2D eigenvalue weighted by Crippen LogP contribution is 2.36.